The normalized spacial score (nSPS) is 15.5. The molecule has 1 aliphatic rings. The minimum atomic E-state index is -0.536. The number of nitrogens with one attached hydrogen (secondary N) is 4. The number of aromatic amines is 1. The number of aromatic nitrogens is 2. The Labute approximate surface area is 212 Å². The van der Waals surface area contributed by atoms with Crippen LogP contribution in [-0.2, 0) is 0 Å². The maximum atomic E-state index is 13.2. The molecule has 188 valence electrons. The Bertz CT molecular complexity index is 1260. The highest BCUT2D eigenvalue weighted by Gasteiger charge is 2.25. The molecule has 0 bridgehead atoms. The van der Waals surface area contributed by atoms with E-state index in [4.69, 9.17) is 11.6 Å². The molecule has 2 heterocycles. The molecule has 1 atom stereocenters. The van der Waals surface area contributed by atoms with Crippen molar-refractivity contribution in [2.75, 3.05) is 30.3 Å². The minimum Gasteiger partial charge on any atom is -0.349 e. The summed E-state index contributed by atoms with van der Waals surface area (Å²) in [4.78, 5) is 46.9. The SMILES string of the molecule is CCN1CCC[C@@H]1CNC(=O)c1nc[nH]c1C(=O)Nc1ccc(NC(=O)c2ccc(F)cc2Cl)cc1. The van der Waals surface area contributed by atoms with Gasteiger partial charge < -0.3 is 20.9 Å². The number of likely N-dealkylation sites (N-methyl/N-ethyl adjacent to an activating group) is 1. The fraction of sp³-hybridized carbons (Fsp3) is 0.280. The lowest BCUT2D eigenvalue weighted by atomic mass is 10.2. The van der Waals surface area contributed by atoms with Crippen molar-refractivity contribution in [1.82, 2.24) is 20.2 Å². The molecule has 2 aromatic carbocycles. The number of carbonyl (C=O) groups is 3. The third-order valence-electron chi connectivity index (χ3n) is 6.06. The summed E-state index contributed by atoms with van der Waals surface area (Å²) in [5.41, 5.74) is 1.11. The molecule has 4 N–H and O–H groups in total. The zero-order chi connectivity index (χ0) is 25.7. The first-order valence-electron chi connectivity index (χ1n) is 11.6. The van der Waals surface area contributed by atoms with Crippen LogP contribution in [0, 0.1) is 5.82 Å². The number of nitrogens with zero attached hydrogens (tertiary/aromatic N) is 2. The molecular formula is C25H26ClFN6O3. The van der Waals surface area contributed by atoms with Gasteiger partial charge in [-0.3, -0.25) is 19.3 Å². The predicted molar refractivity (Wildman–Crippen MR) is 135 cm³/mol. The molecule has 0 unspecified atom stereocenters. The highest BCUT2D eigenvalue weighted by atomic mass is 35.5. The lowest BCUT2D eigenvalue weighted by Crippen LogP contribution is -2.40. The van der Waals surface area contributed by atoms with Gasteiger partial charge in [-0.15, -0.1) is 0 Å². The quantitative estimate of drug-likeness (QED) is 0.365. The summed E-state index contributed by atoms with van der Waals surface area (Å²) in [6, 6.07) is 10.2. The number of rotatable bonds is 8. The smallest absolute Gasteiger partial charge is 0.274 e. The molecule has 11 heteroatoms. The van der Waals surface area contributed by atoms with E-state index in [-0.39, 0.29) is 28.0 Å². The van der Waals surface area contributed by atoms with Crippen molar-refractivity contribution in [2.45, 2.75) is 25.8 Å². The molecule has 36 heavy (non-hydrogen) atoms. The molecule has 0 aliphatic carbocycles. The lowest BCUT2D eigenvalue weighted by molar-refractivity contribution is 0.0924. The van der Waals surface area contributed by atoms with E-state index in [2.05, 4.69) is 37.7 Å². The highest BCUT2D eigenvalue weighted by molar-refractivity contribution is 6.34. The largest absolute Gasteiger partial charge is 0.349 e. The van der Waals surface area contributed by atoms with E-state index in [1.807, 2.05) is 0 Å². The molecule has 0 saturated carbocycles. The van der Waals surface area contributed by atoms with Crippen LogP contribution in [0.1, 0.15) is 51.1 Å². The van der Waals surface area contributed by atoms with Gasteiger partial charge in [0.05, 0.1) is 16.9 Å². The summed E-state index contributed by atoms with van der Waals surface area (Å²) >= 11 is 5.94. The van der Waals surface area contributed by atoms with E-state index < -0.39 is 23.5 Å². The number of benzene rings is 2. The van der Waals surface area contributed by atoms with Crippen LogP contribution in [0.3, 0.4) is 0 Å². The van der Waals surface area contributed by atoms with Crippen LogP contribution in [0.4, 0.5) is 15.8 Å². The predicted octanol–water partition coefficient (Wildman–Crippen LogP) is 3.92. The second-order valence-corrected chi connectivity index (χ2v) is 8.78. The van der Waals surface area contributed by atoms with Gasteiger partial charge in [-0.05, 0) is 68.4 Å². The van der Waals surface area contributed by atoms with Crippen LogP contribution in [0.25, 0.3) is 0 Å². The summed E-state index contributed by atoms with van der Waals surface area (Å²) < 4.78 is 13.2. The van der Waals surface area contributed by atoms with Crippen LogP contribution in [0.2, 0.25) is 5.02 Å². The van der Waals surface area contributed by atoms with Crippen molar-refractivity contribution in [3.05, 3.63) is 76.6 Å². The number of halogens is 2. The number of H-pyrrole nitrogens is 1. The number of hydrogen-bond donors (Lipinski definition) is 4. The van der Waals surface area contributed by atoms with Gasteiger partial charge in [0, 0.05) is 24.0 Å². The molecule has 9 nitrogen and oxygen atoms in total. The molecule has 3 aromatic rings. The van der Waals surface area contributed by atoms with Crippen LogP contribution in [0.15, 0.2) is 48.8 Å². The second-order valence-electron chi connectivity index (χ2n) is 8.37. The number of anilines is 2. The van der Waals surface area contributed by atoms with Crippen molar-refractivity contribution in [1.29, 1.82) is 0 Å². The highest BCUT2D eigenvalue weighted by Crippen LogP contribution is 2.21. The number of hydrogen-bond acceptors (Lipinski definition) is 5. The number of imidazole rings is 1. The fourth-order valence-corrected chi connectivity index (χ4v) is 4.43. The maximum absolute atomic E-state index is 13.2. The van der Waals surface area contributed by atoms with Gasteiger partial charge in [0.25, 0.3) is 17.7 Å². The summed E-state index contributed by atoms with van der Waals surface area (Å²) in [7, 11) is 0. The average molecular weight is 513 g/mol. The molecule has 1 aliphatic heterocycles. The molecule has 1 fully saturated rings. The Balaban J connectivity index is 1.35. The van der Waals surface area contributed by atoms with Crippen molar-refractivity contribution in [3.63, 3.8) is 0 Å². The van der Waals surface area contributed by atoms with Gasteiger partial charge >= 0.3 is 0 Å². The van der Waals surface area contributed by atoms with Crippen LogP contribution >= 0.6 is 11.6 Å². The first-order chi connectivity index (χ1) is 17.4. The van der Waals surface area contributed by atoms with Gasteiger partial charge in [0.1, 0.15) is 11.5 Å². The van der Waals surface area contributed by atoms with Gasteiger partial charge in [0.15, 0.2) is 5.69 Å². The van der Waals surface area contributed by atoms with Crippen molar-refractivity contribution in [2.24, 2.45) is 0 Å². The van der Waals surface area contributed by atoms with E-state index >= 15 is 0 Å². The van der Waals surface area contributed by atoms with Crippen molar-refractivity contribution >= 4 is 40.7 Å². The maximum Gasteiger partial charge on any atom is 0.274 e. The zero-order valence-corrected chi connectivity index (χ0v) is 20.4. The summed E-state index contributed by atoms with van der Waals surface area (Å²) in [6.45, 7) is 4.55. The van der Waals surface area contributed by atoms with Gasteiger partial charge in [-0.2, -0.15) is 0 Å². The summed E-state index contributed by atoms with van der Waals surface area (Å²) in [6.07, 6.45) is 3.43. The molecule has 1 aromatic heterocycles. The van der Waals surface area contributed by atoms with Gasteiger partial charge in [0.2, 0.25) is 0 Å². The molecule has 4 rings (SSSR count). The zero-order valence-electron chi connectivity index (χ0n) is 19.6. The first-order valence-corrected chi connectivity index (χ1v) is 12.0. The Morgan fingerprint density at radius 1 is 1.08 bits per heavy atom. The minimum absolute atomic E-state index is 0.00159. The molecule has 0 spiro atoms. The third kappa shape index (κ3) is 5.89. The van der Waals surface area contributed by atoms with Crippen molar-refractivity contribution < 1.29 is 18.8 Å². The number of likely N-dealkylation sites (tertiary alicyclic amines) is 1. The number of carbonyl (C=O) groups excluding carboxylic acids is 3. The second kappa shape index (κ2) is 11.3. The van der Waals surface area contributed by atoms with E-state index in [9.17, 15) is 18.8 Å². The Kier molecular flexibility index (Phi) is 7.97. The van der Waals surface area contributed by atoms with Gasteiger partial charge in [-0.1, -0.05) is 18.5 Å². The van der Waals surface area contributed by atoms with E-state index in [0.717, 1.165) is 38.1 Å². The van der Waals surface area contributed by atoms with E-state index in [1.54, 1.807) is 24.3 Å². The van der Waals surface area contributed by atoms with Gasteiger partial charge in [-0.25, -0.2) is 9.37 Å². The van der Waals surface area contributed by atoms with Crippen LogP contribution < -0.4 is 16.0 Å². The third-order valence-corrected chi connectivity index (χ3v) is 6.37. The molecule has 0 radical (unpaired) electrons. The molecular weight excluding hydrogens is 487 g/mol. The van der Waals surface area contributed by atoms with E-state index in [1.165, 1.54) is 12.4 Å². The summed E-state index contributed by atoms with van der Waals surface area (Å²) in [5.74, 6) is -1.97. The summed E-state index contributed by atoms with van der Waals surface area (Å²) in [5, 5.41) is 8.26. The standard InChI is InChI=1S/C25H26ClFN6O3/c1-2-33-11-3-4-18(33)13-28-24(35)21-22(30-14-29-21)25(36)32-17-8-6-16(7-9-17)31-23(34)19-10-5-15(27)12-20(19)26/h5-10,12,14,18H,2-4,11,13H2,1H3,(H,28,35)(H,29,30)(H,31,34)(H,32,36)/t18-/m1/s1. The topological polar surface area (TPSA) is 119 Å². The first kappa shape index (κ1) is 25.3. The molecule has 3 amide bonds. The average Bonchev–Trinajstić information content (AvgIpc) is 3.53. The Hall–Kier alpha value is -3.76. The van der Waals surface area contributed by atoms with E-state index in [0.29, 0.717) is 17.9 Å². The monoisotopic (exact) mass is 512 g/mol. The molecule has 1 saturated heterocycles. The number of amides is 3. The van der Waals surface area contributed by atoms with Crippen LogP contribution in [0.5, 0.6) is 0 Å². The Morgan fingerprint density at radius 2 is 1.78 bits per heavy atom. The van der Waals surface area contributed by atoms with Crippen molar-refractivity contribution in [3.8, 4) is 0 Å². The van der Waals surface area contributed by atoms with Crippen LogP contribution in [-0.4, -0.2) is 58.3 Å². The Morgan fingerprint density at radius 3 is 2.44 bits per heavy atom. The fourth-order valence-electron chi connectivity index (χ4n) is 4.18. The lowest BCUT2D eigenvalue weighted by Gasteiger charge is -2.22.